The van der Waals surface area contributed by atoms with Crippen molar-refractivity contribution < 1.29 is 9.18 Å². The Morgan fingerprint density at radius 1 is 1.42 bits per heavy atom. The maximum Gasteiger partial charge on any atom is 0.212 e. The van der Waals surface area contributed by atoms with Crippen molar-refractivity contribution in [3.63, 3.8) is 0 Å². The van der Waals surface area contributed by atoms with Gasteiger partial charge in [-0.1, -0.05) is 6.92 Å². The lowest BCUT2D eigenvalue weighted by Gasteiger charge is -2.07. The standard InChI is InChI=1S/C14H14BrFN2O/c1-3-4-18-13(12(15)8-17-18)14(19)10-5-9(2)6-11(16)7-10/h5-8H,3-4H2,1-2H3. The molecule has 19 heavy (non-hydrogen) atoms. The van der Waals surface area contributed by atoms with Crippen molar-refractivity contribution in [2.45, 2.75) is 26.8 Å². The topological polar surface area (TPSA) is 34.9 Å². The fourth-order valence-corrected chi connectivity index (χ4v) is 2.45. The van der Waals surface area contributed by atoms with E-state index in [0.717, 1.165) is 12.0 Å². The first-order valence-electron chi connectivity index (χ1n) is 6.06. The zero-order chi connectivity index (χ0) is 14.0. The molecular weight excluding hydrogens is 311 g/mol. The molecule has 0 saturated heterocycles. The molecule has 3 nitrogen and oxygen atoms in total. The summed E-state index contributed by atoms with van der Waals surface area (Å²) in [7, 11) is 0. The number of nitrogens with zero attached hydrogens (tertiary/aromatic N) is 2. The van der Waals surface area contributed by atoms with Gasteiger partial charge in [-0.3, -0.25) is 9.48 Å². The van der Waals surface area contributed by atoms with Crippen LogP contribution in [0.3, 0.4) is 0 Å². The van der Waals surface area contributed by atoms with Gasteiger partial charge in [-0.15, -0.1) is 0 Å². The van der Waals surface area contributed by atoms with Crippen LogP contribution in [0.5, 0.6) is 0 Å². The number of benzene rings is 1. The van der Waals surface area contributed by atoms with E-state index in [2.05, 4.69) is 21.0 Å². The van der Waals surface area contributed by atoms with Crippen LogP contribution in [0.1, 0.15) is 35.0 Å². The second kappa shape index (κ2) is 5.65. The molecule has 2 rings (SSSR count). The predicted octanol–water partition coefficient (Wildman–Crippen LogP) is 3.73. The summed E-state index contributed by atoms with van der Waals surface area (Å²) in [6.45, 7) is 4.43. The molecule has 0 amide bonds. The summed E-state index contributed by atoms with van der Waals surface area (Å²) in [6, 6.07) is 4.33. The Hall–Kier alpha value is -1.49. The summed E-state index contributed by atoms with van der Waals surface area (Å²) in [6.07, 6.45) is 2.46. The maximum absolute atomic E-state index is 13.4. The van der Waals surface area contributed by atoms with Gasteiger partial charge >= 0.3 is 0 Å². The highest BCUT2D eigenvalue weighted by Gasteiger charge is 2.19. The van der Waals surface area contributed by atoms with Crippen molar-refractivity contribution in [1.29, 1.82) is 0 Å². The number of carbonyl (C=O) groups is 1. The molecule has 1 heterocycles. The van der Waals surface area contributed by atoms with Crippen LogP contribution in [0.25, 0.3) is 0 Å². The van der Waals surface area contributed by atoms with E-state index < -0.39 is 5.82 Å². The van der Waals surface area contributed by atoms with E-state index in [-0.39, 0.29) is 5.78 Å². The largest absolute Gasteiger partial charge is 0.287 e. The van der Waals surface area contributed by atoms with E-state index in [0.29, 0.717) is 22.3 Å². The summed E-state index contributed by atoms with van der Waals surface area (Å²) in [5.74, 6) is -0.624. The molecule has 1 aromatic heterocycles. The first kappa shape index (κ1) is 13.9. The summed E-state index contributed by atoms with van der Waals surface area (Å²) < 4.78 is 15.7. The first-order chi connectivity index (χ1) is 9.02. The smallest absolute Gasteiger partial charge is 0.212 e. The summed E-state index contributed by atoms with van der Waals surface area (Å²) >= 11 is 3.32. The lowest BCUT2D eigenvalue weighted by Crippen LogP contribution is -2.12. The zero-order valence-corrected chi connectivity index (χ0v) is 12.4. The van der Waals surface area contributed by atoms with E-state index in [1.54, 1.807) is 23.9 Å². The molecule has 0 radical (unpaired) electrons. The molecule has 0 aliphatic carbocycles. The van der Waals surface area contributed by atoms with Gasteiger partial charge in [-0.2, -0.15) is 5.10 Å². The number of hydrogen-bond donors (Lipinski definition) is 0. The molecule has 0 atom stereocenters. The van der Waals surface area contributed by atoms with Crippen LogP contribution in [0, 0.1) is 12.7 Å². The Balaban J connectivity index is 2.46. The highest BCUT2D eigenvalue weighted by atomic mass is 79.9. The monoisotopic (exact) mass is 324 g/mol. The molecule has 1 aromatic carbocycles. The van der Waals surface area contributed by atoms with Crippen molar-refractivity contribution in [1.82, 2.24) is 9.78 Å². The van der Waals surface area contributed by atoms with Gasteiger partial charge < -0.3 is 0 Å². The van der Waals surface area contributed by atoms with Gasteiger partial charge in [0.1, 0.15) is 11.5 Å². The lowest BCUT2D eigenvalue weighted by molar-refractivity contribution is 0.102. The quantitative estimate of drug-likeness (QED) is 0.803. The number of hydrogen-bond acceptors (Lipinski definition) is 2. The van der Waals surface area contributed by atoms with Crippen molar-refractivity contribution in [2.24, 2.45) is 0 Å². The van der Waals surface area contributed by atoms with Crippen LogP contribution in [0.4, 0.5) is 4.39 Å². The summed E-state index contributed by atoms with van der Waals surface area (Å²) in [5, 5.41) is 4.15. The second-order valence-electron chi connectivity index (χ2n) is 4.41. The highest BCUT2D eigenvalue weighted by molar-refractivity contribution is 9.10. The number of halogens is 2. The minimum atomic E-state index is -0.402. The molecule has 0 spiro atoms. The van der Waals surface area contributed by atoms with Gasteiger partial charge in [0.25, 0.3) is 0 Å². The van der Waals surface area contributed by atoms with Crippen LogP contribution in [0.15, 0.2) is 28.9 Å². The summed E-state index contributed by atoms with van der Waals surface area (Å²) in [5.41, 5.74) is 1.53. The van der Waals surface area contributed by atoms with E-state index in [1.807, 2.05) is 6.92 Å². The third kappa shape index (κ3) is 2.92. The molecule has 0 saturated carbocycles. The van der Waals surface area contributed by atoms with Crippen LogP contribution in [-0.4, -0.2) is 15.6 Å². The molecule has 0 aliphatic rings. The van der Waals surface area contributed by atoms with Gasteiger partial charge in [0.2, 0.25) is 5.78 Å². The molecular formula is C14H14BrFN2O. The van der Waals surface area contributed by atoms with Gasteiger partial charge in [-0.25, -0.2) is 4.39 Å². The average Bonchev–Trinajstić information content (AvgIpc) is 2.69. The number of carbonyl (C=O) groups excluding carboxylic acids is 1. The lowest BCUT2D eigenvalue weighted by atomic mass is 10.1. The van der Waals surface area contributed by atoms with Crippen LogP contribution in [-0.2, 0) is 6.54 Å². The Labute approximate surface area is 119 Å². The SMILES string of the molecule is CCCn1ncc(Br)c1C(=O)c1cc(C)cc(F)c1. The summed E-state index contributed by atoms with van der Waals surface area (Å²) in [4.78, 5) is 12.5. The first-order valence-corrected chi connectivity index (χ1v) is 6.85. The van der Waals surface area contributed by atoms with Crippen molar-refractivity contribution >= 4 is 21.7 Å². The molecule has 2 aromatic rings. The number of rotatable bonds is 4. The molecule has 0 bridgehead atoms. The Kier molecular flexibility index (Phi) is 4.14. The third-order valence-corrected chi connectivity index (χ3v) is 3.33. The minimum Gasteiger partial charge on any atom is -0.287 e. The highest BCUT2D eigenvalue weighted by Crippen LogP contribution is 2.21. The molecule has 5 heteroatoms. The normalized spacial score (nSPS) is 10.7. The van der Waals surface area contributed by atoms with Gasteiger partial charge in [0, 0.05) is 12.1 Å². The number of aryl methyl sites for hydroxylation is 2. The Bertz CT molecular complexity index is 602. The fraction of sp³-hybridized carbons (Fsp3) is 0.286. The van der Waals surface area contributed by atoms with Gasteiger partial charge in [-0.05, 0) is 53.0 Å². The van der Waals surface area contributed by atoms with Gasteiger partial charge in [0.15, 0.2) is 0 Å². The second-order valence-corrected chi connectivity index (χ2v) is 5.26. The number of aromatic nitrogens is 2. The Morgan fingerprint density at radius 2 is 2.16 bits per heavy atom. The molecule has 0 N–H and O–H groups in total. The molecule has 100 valence electrons. The van der Waals surface area contributed by atoms with Crippen molar-refractivity contribution in [3.05, 3.63) is 51.5 Å². The van der Waals surface area contributed by atoms with E-state index in [4.69, 9.17) is 0 Å². The molecule has 0 fully saturated rings. The van der Waals surface area contributed by atoms with E-state index >= 15 is 0 Å². The zero-order valence-electron chi connectivity index (χ0n) is 10.8. The van der Waals surface area contributed by atoms with Gasteiger partial charge in [0.05, 0.1) is 10.7 Å². The Morgan fingerprint density at radius 3 is 2.79 bits per heavy atom. The van der Waals surface area contributed by atoms with Crippen LogP contribution < -0.4 is 0 Å². The molecule has 0 aliphatic heterocycles. The van der Waals surface area contributed by atoms with E-state index in [9.17, 15) is 9.18 Å². The molecule has 0 unspecified atom stereocenters. The minimum absolute atomic E-state index is 0.222. The number of ketones is 1. The van der Waals surface area contributed by atoms with Crippen LogP contribution in [0.2, 0.25) is 0 Å². The van der Waals surface area contributed by atoms with Crippen molar-refractivity contribution in [3.8, 4) is 0 Å². The fourth-order valence-electron chi connectivity index (χ4n) is 1.97. The van der Waals surface area contributed by atoms with Crippen molar-refractivity contribution in [2.75, 3.05) is 0 Å². The van der Waals surface area contributed by atoms with E-state index in [1.165, 1.54) is 12.1 Å². The van der Waals surface area contributed by atoms with Crippen LogP contribution >= 0.6 is 15.9 Å². The maximum atomic E-state index is 13.4. The third-order valence-electron chi connectivity index (χ3n) is 2.75. The average molecular weight is 325 g/mol. The predicted molar refractivity (Wildman–Crippen MR) is 74.8 cm³/mol.